The average Bonchev–Trinajstić information content (AvgIpc) is 2.93. The minimum Gasteiger partial charge on any atom is -0.550 e. The van der Waals surface area contributed by atoms with Gasteiger partial charge in [-0.25, -0.2) is 0 Å². The van der Waals surface area contributed by atoms with Gasteiger partial charge in [0.15, 0.2) is 5.69 Å². The van der Waals surface area contributed by atoms with E-state index >= 15 is 0 Å². The van der Waals surface area contributed by atoms with Crippen LogP contribution in [-0.2, 0) is 17.5 Å². The number of aromatic nitrogens is 2. The molecule has 2 rings (SSSR count). The van der Waals surface area contributed by atoms with Crippen molar-refractivity contribution in [1.29, 1.82) is 0 Å². The Balaban J connectivity index is 2.22. The quantitative estimate of drug-likeness (QED) is 0.794. The first-order valence-electron chi connectivity index (χ1n) is 5.22. The molecule has 0 saturated heterocycles. The molecule has 1 aliphatic rings. The molecular weight excluding hydrogens is 237 g/mol. The monoisotopic (exact) mass is 247 g/mol. The summed E-state index contributed by atoms with van der Waals surface area (Å²) in [7, 11) is 0. The van der Waals surface area contributed by atoms with Gasteiger partial charge in [-0.1, -0.05) is 0 Å². The van der Waals surface area contributed by atoms with Crippen LogP contribution in [-0.4, -0.2) is 15.7 Å². The van der Waals surface area contributed by atoms with Gasteiger partial charge in [0.05, 0.1) is 0 Å². The first-order chi connectivity index (χ1) is 7.88. The molecule has 0 radical (unpaired) electrons. The third-order valence-corrected chi connectivity index (χ3v) is 2.62. The number of rotatable bonds is 4. The Hall–Kier alpha value is -1.53. The smallest absolute Gasteiger partial charge is 0.435 e. The lowest BCUT2D eigenvalue weighted by Crippen LogP contribution is -2.24. The van der Waals surface area contributed by atoms with E-state index in [1.54, 1.807) is 0 Å². The van der Waals surface area contributed by atoms with E-state index in [9.17, 15) is 23.1 Å². The fourth-order valence-corrected chi connectivity index (χ4v) is 1.65. The fourth-order valence-electron chi connectivity index (χ4n) is 1.65. The van der Waals surface area contributed by atoms with E-state index in [0.717, 1.165) is 23.6 Å². The van der Waals surface area contributed by atoms with Crippen LogP contribution in [0.25, 0.3) is 0 Å². The summed E-state index contributed by atoms with van der Waals surface area (Å²) in [6.07, 6.45) is -3.17. The van der Waals surface area contributed by atoms with Gasteiger partial charge in [-0.2, -0.15) is 18.3 Å². The molecule has 0 aliphatic heterocycles. The number of carbonyl (C=O) groups excluding carboxylic acids is 1. The van der Waals surface area contributed by atoms with Crippen LogP contribution in [0.1, 0.15) is 36.6 Å². The number of hydrogen-bond acceptors (Lipinski definition) is 3. The van der Waals surface area contributed by atoms with Crippen molar-refractivity contribution < 1.29 is 23.1 Å². The molecule has 0 atom stereocenters. The van der Waals surface area contributed by atoms with Gasteiger partial charge in [-0.05, 0) is 18.9 Å². The summed E-state index contributed by atoms with van der Waals surface area (Å²) in [6, 6.07) is 1.01. The maximum absolute atomic E-state index is 12.5. The molecule has 7 heteroatoms. The Bertz CT molecular complexity index is 435. The van der Waals surface area contributed by atoms with Gasteiger partial charge in [0.25, 0.3) is 0 Å². The fraction of sp³-hybridized carbons (Fsp3) is 0.600. The number of carboxylic acids is 1. The lowest BCUT2D eigenvalue weighted by molar-refractivity contribution is -0.306. The van der Waals surface area contributed by atoms with E-state index in [4.69, 9.17) is 0 Å². The first-order valence-corrected chi connectivity index (χ1v) is 5.22. The van der Waals surface area contributed by atoms with Crippen molar-refractivity contribution >= 4 is 5.97 Å². The summed E-state index contributed by atoms with van der Waals surface area (Å²) < 4.78 is 38.5. The molecule has 1 heterocycles. The molecule has 0 aromatic carbocycles. The Morgan fingerprint density at radius 3 is 2.65 bits per heavy atom. The third kappa shape index (κ3) is 2.78. The summed E-state index contributed by atoms with van der Waals surface area (Å²) >= 11 is 0. The molecule has 0 amide bonds. The number of hydrogen-bond donors (Lipinski definition) is 0. The molecule has 0 spiro atoms. The summed E-state index contributed by atoms with van der Waals surface area (Å²) in [5, 5.41) is 13.7. The topological polar surface area (TPSA) is 57.9 Å². The number of nitrogens with zero attached hydrogens (tertiary/aromatic N) is 2. The van der Waals surface area contributed by atoms with Gasteiger partial charge in [-0.3, -0.25) is 4.68 Å². The van der Waals surface area contributed by atoms with E-state index in [2.05, 4.69) is 5.10 Å². The molecule has 0 unspecified atom stereocenters. The van der Waals surface area contributed by atoms with Gasteiger partial charge >= 0.3 is 6.18 Å². The molecular formula is C10H10F3N2O2-. The average molecular weight is 247 g/mol. The van der Waals surface area contributed by atoms with E-state index in [-0.39, 0.29) is 18.9 Å². The number of carboxylic acid groups (broad SMARTS) is 1. The van der Waals surface area contributed by atoms with Crippen LogP contribution in [0.15, 0.2) is 6.07 Å². The van der Waals surface area contributed by atoms with Crippen molar-refractivity contribution in [3.63, 3.8) is 0 Å². The Kier molecular flexibility index (Phi) is 2.84. The highest BCUT2D eigenvalue weighted by Gasteiger charge is 2.37. The van der Waals surface area contributed by atoms with Crippen LogP contribution in [0.2, 0.25) is 0 Å². The van der Waals surface area contributed by atoms with E-state index < -0.39 is 17.8 Å². The molecule has 1 aromatic heterocycles. The number of halogens is 3. The first kappa shape index (κ1) is 11.9. The third-order valence-electron chi connectivity index (χ3n) is 2.62. The molecule has 1 saturated carbocycles. The lowest BCUT2D eigenvalue weighted by Gasteiger charge is -2.06. The molecule has 17 heavy (non-hydrogen) atoms. The van der Waals surface area contributed by atoms with Gasteiger partial charge < -0.3 is 9.90 Å². The van der Waals surface area contributed by atoms with Gasteiger partial charge in [0.1, 0.15) is 0 Å². The van der Waals surface area contributed by atoms with Crippen molar-refractivity contribution in [2.75, 3.05) is 0 Å². The SMILES string of the molecule is O=C([O-])CCn1nc(C(F)(F)F)cc1C1CC1. The van der Waals surface area contributed by atoms with Crippen molar-refractivity contribution in [2.45, 2.75) is 37.9 Å². The number of aryl methyl sites for hydroxylation is 1. The maximum atomic E-state index is 12.5. The lowest BCUT2D eigenvalue weighted by atomic mass is 10.2. The maximum Gasteiger partial charge on any atom is 0.435 e. The molecule has 1 aromatic rings. The van der Waals surface area contributed by atoms with Gasteiger partial charge in [0.2, 0.25) is 0 Å². The van der Waals surface area contributed by atoms with E-state index in [1.165, 1.54) is 0 Å². The standard InChI is InChI=1S/C10H11F3N2O2/c11-10(12,13)8-5-7(6-1-2-6)15(14-8)4-3-9(16)17/h5-6H,1-4H2,(H,16,17)/p-1. The summed E-state index contributed by atoms with van der Waals surface area (Å²) in [6.45, 7) is -0.0791. The van der Waals surface area contributed by atoms with Crippen molar-refractivity contribution in [2.24, 2.45) is 0 Å². The highest BCUT2D eigenvalue weighted by molar-refractivity contribution is 5.64. The molecule has 1 aliphatic carbocycles. The van der Waals surface area contributed by atoms with Crippen molar-refractivity contribution in [3.05, 3.63) is 17.5 Å². The highest BCUT2D eigenvalue weighted by Crippen LogP contribution is 2.42. The molecule has 0 bridgehead atoms. The normalized spacial score (nSPS) is 16.2. The van der Waals surface area contributed by atoms with Crippen LogP contribution in [0, 0.1) is 0 Å². The summed E-state index contributed by atoms with van der Waals surface area (Å²) in [4.78, 5) is 10.3. The largest absolute Gasteiger partial charge is 0.550 e. The Morgan fingerprint density at radius 1 is 1.53 bits per heavy atom. The minimum atomic E-state index is -4.49. The zero-order chi connectivity index (χ0) is 12.6. The van der Waals surface area contributed by atoms with Crippen LogP contribution < -0.4 is 5.11 Å². The number of alkyl halides is 3. The van der Waals surface area contributed by atoms with Crippen molar-refractivity contribution in [1.82, 2.24) is 9.78 Å². The predicted molar refractivity (Wildman–Crippen MR) is 48.8 cm³/mol. The molecule has 94 valence electrons. The van der Waals surface area contributed by atoms with E-state index in [1.807, 2.05) is 0 Å². The second-order valence-electron chi connectivity index (χ2n) is 4.07. The van der Waals surface area contributed by atoms with Crippen LogP contribution in [0.4, 0.5) is 13.2 Å². The van der Waals surface area contributed by atoms with Crippen molar-refractivity contribution in [3.8, 4) is 0 Å². The number of carbonyl (C=O) groups is 1. The zero-order valence-corrected chi connectivity index (χ0v) is 8.83. The van der Waals surface area contributed by atoms with Crippen LogP contribution in [0.5, 0.6) is 0 Å². The van der Waals surface area contributed by atoms with Gasteiger partial charge in [-0.15, -0.1) is 0 Å². The minimum absolute atomic E-state index is 0.0791. The number of aliphatic carboxylic acids is 1. The summed E-state index contributed by atoms with van der Waals surface area (Å²) in [5.74, 6) is -1.21. The molecule has 4 nitrogen and oxygen atoms in total. The predicted octanol–water partition coefficient (Wildman–Crippen LogP) is 0.919. The zero-order valence-electron chi connectivity index (χ0n) is 8.83. The Labute approximate surface area is 95.0 Å². The van der Waals surface area contributed by atoms with Crippen LogP contribution in [0.3, 0.4) is 0 Å². The van der Waals surface area contributed by atoms with E-state index in [0.29, 0.717) is 5.69 Å². The molecule has 1 fully saturated rings. The Morgan fingerprint density at radius 2 is 2.18 bits per heavy atom. The second kappa shape index (κ2) is 4.05. The highest BCUT2D eigenvalue weighted by atomic mass is 19.4. The second-order valence-corrected chi connectivity index (χ2v) is 4.07. The van der Waals surface area contributed by atoms with Gasteiger partial charge in [0, 0.05) is 30.5 Å². The molecule has 0 N–H and O–H groups in total. The van der Waals surface area contributed by atoms with Crippen LogP contribution >= 0.6 is 0 Å². The summed E-state index contributed by atoms with van der Waals surface area (Å²) in [5.41, 5.74) is -0.490.